The summed E-state index contributed by atoms with van der Waals surface area (Å²) in [7, 11) is 0. The van der Waals surface area contributed by atoms with Crippen molar-refractivity contribution in [2.24, 2.45) is 0 Å². The molecule has 0 radical (unpaired) electrons. The number of hydrogen-bond acceptors (Lipinski definition) is 5. The van der Waals surface area contributed by atoms with Crippen LogP contribution in [0.5, 0.6) is 0 Å². The first kappa shape index (κ1) is 21.8. The highest BCUT2D eigenvalue weighted by Crippen LogP contribution is 2.47. The van der Waals surface area contributed by atoms with Gasteiger partial charge in [-0.25, -0.2) is 0 Å². The van der Waals surface area contributed by atoms with Crippen LogP contribution in [-0.2, 0) is 6.42 Å². The van der Waals surface area contributed by atoms with Gasteiger partial charge >= 0.3 is 0 Å². The number of anilines is 2. The molecule has 1 aromatic heterocycles. The summed E-state index contributed by atoms with van der Waals surface area (Å²) in [6.45, 7) is 4.06. The molecule has 0 amide bonds. The number of nitrogen functional groups attached to an aromatic ring is 1. The third kappa shape index (κ3) is 4.40. The van der Waals surface area contributed by atoms with Crippen LogP contribution < -0.4 is 16.0 Å². The zero-order chi connectivity index (χ0) is 23.8. The third-order valence-corrected chi connectivity index (χ3v) is 7.24. The number of fused-ring (bicyclic) bond motifs is 1. The fraction of sp³-hybridized carbons (Fsp3) is 0.267. The minimum Gasteiger partial charge on any atom is -0.398 e. The summed E-state index contributed by atoms with van der Waals surface area (Å²) >= 11 is 0. The molecule has 0 atom stereocenters. The standard InChI is InChI=1S/C30H30N4O/c31-26-10-8-22(20-4-2-1-3-5-20)16-24(26)18-28(35)25-17-23-9-11-27(34-14-12-32-13-15-34)29(21-6-7-21)30(23)33-19-25/h1-5,8-11,16-17,19,21,32H,6-7,12-15,18,31H2. The number of carbonyl (C=O) groups is 1. The van der Waals surface area contributed by atoms with Gasteiger partial charge in [-0.2, -0.15) is 0 Å². The summed E-state index contributed by atoms with van der Waals surface area (Å²) < 4.78 is 0. The van der Waals surface area contributed by atoms with Crippen molar-refractivity contribution in [2.45, 2.75) is 25.2 Å². The number of nitrogens with zero attached hydrogens (tertiary/aromatic N) is 2. The van der Waals surface area contributed by atoms with E-state index in [2.05, 4.69) is 34.5 Å². The Hall–Kier alpha value is -3.70. The summed E-state index contributed by atoms with van der Waals surface area (Å²) in [4.78, 5) is 20.6. The first-order chi connectivity index (χ1) is 17.2. The van der Waals surface area contributed by atoms with Crippen LogP contribution in [-0.4, -0.2) is 36.9 Å². The molecule has 5 heteroatoms. The van der Waals surface area contributed by atoms with Gasteiger partial charge in [-0.1, -0.05) is 42.5 Å². The van der Waals surface area contributed by atoms with E-state index >= 15 is 0 Å². The monoisotopic (exact) mass is 462 g/mol. The normalized spacial score (nSPS) is 15.9. The smallest absolute Gasteiger partial charge is 0.168 e. The van der Waals surface area contributed by atoms with Crippen molar-refractivity contribution in [3.8, 4) is 11.1 Å². The van der Waals surface area contributed by atoms with Crippen molar-refractivity contribution in [2.75, 3.05) is 36.8 Å². The van der Waals surface area contributed by atoms with Gasteiger partial charge in [-0.3, -0.25) is 9.78 Å². The molecule has 176 valence electrons. The molecule has 2 heterocycles. The van der Waals surface area contributed by atoms with Crippen LogP contribution >= 0.6 is 0 Å². The largest absolute Gasteiger partial charge is 0.398 e. The summed E-state index contributed by atoms with van der Waals surface area (Å²) in [6, 6.07) is 22.5. The van der Waals surface area contributed by atoms with E-state index in [0.717, 1.165) is 53.8 Å². The number of nitrogens with two attached hydrogens (primary N) is 1. The third-order valence-electron chi connectivity index (χ3n) is 7.24. The van der Waals surface area contributed by atoms with E-state index in [9.17, 15) is 4.79 Å². The maximum atomic E-state index is 13.3. The molecule has 2 aliphatic rings. The van der Waals surface area contributed by atoms with Crippen molar-refractivity contribution in [3.05, 3.63) is 89.6 Å². The van der Waals surface area contributed by atoms with Gasteiger partial charge in [0, 0.05) is 66.7 Å². The molecule has 5 nitrogen and oxygen atoms in total. The highest BCUT2D eigenvalue weighted by molar-refractivity contribution is 6.01. The molecule has 4 aromatic rings. The summed E-state index contributed by atoms with van der Waals surface area (Å²) in [5, 5.41) is 4.48. The van der Waals surface area contributed by atoms with Gasteiger partial charge in [0.2, 0.25) is 0 Å². The van der Waals surface area contributed by atoms with Gasteiger partial charge in [0.05, 0.1) is 5.52 Å². The van der Waals surface area contributed by atoms with Crippen LogP contribution in [0.1, 0.15) is 40.2 Å². The average molecular weight is 463 g/mol. The highest BCUT2D eigenvalue weighted by atomic mass is 16.1. The number of aromatic nitrogens is 1. The first-order valence-corrected chi connectivity index (χ1v) is 12.5. The lowest BCUT2D eigenvalue weighted by Gasteiger charge is -2.31. The summed E-state index contributed by atoms with van der Waals surface area (Å²) in [6.07, 6.45) is 4.46. The maximum Gasteiger partial charge on any atom is 0.168 e. The SMILES string of the molecule is Nc1ccc(-c2ccccc2)cc1CC(=O)c1cnc2c(C3CC3)c(N3CCNCC3)ccc2c1. The number of carbonyl (C=O) groups excluding carboxylic acids is 1. The van der Waals surface area contributed by atoms with Crippen molar-refractivity contribution in [3.63, 3.8) is 0 Å². The van der Waals surface area contributed by atoms with Crippen LogP contribution in [0.15, 0.2) is 72.9 Å². The van der Waals surface area contributed by atoms with Crippen LogP contribution in [0, 0.1) is 0 Å². The molecule has 2 fully saturated rings. The number of Topliss-reactive ketones (excluding diaryl/α,β-unsaturated/α-hetero) is 1. The number of ketones is 1. The zero-order valence-electron chi connectivity index (χ0n) is 19.8. The molecule has 35 heavy (non-hydrogen) atoms. The summed E-state index contributed by atoms with van der Waals surface area (Å²) in [5.74, 6) is 0.619. The maximum absolute atomic E-state index is 13.3. The Bertz CT molecular complexity index is 1390. The van der Waals surface area contributed by atoms with E-state index < -0.39 is 0 Å². The molecule has 0 bridgehead atoms. The molecule has 3 aromatic carbocycles. The second-order valence-electron chi connectivity index (χ2n) is 9.68. The lowest BCUT2D eigenvalue weighted by molar-refractivity contribution is 0.0993. The fourth-order valence-corrected chi connectivity index (χ4v) is 5.17. The molecule has 3 N–H and O–H groups in total. The van der Waals surface area contributed by atoms with Crippen molar-refractivity contribution < 1.29 is 4.79 Å². The Balaban J connectivity index is 1.30. The quantitative estimate of drug-likeness (QED) is 0.305. The van der Waals surface area contributed by atoms with Gasteiger partial charge in [0.1, 0.15) is 0 Å². The second-order valence-corrected chi connectivity index (χ2v) is 9.68. The highest BCUT2D eigenvalue weighted by Gasteiger charge is 2.31. The van der Waals surface area contributed by atoms with Gasteiger partial charge < -0.3 is 16.0 Å². The van der Waals surface area contributed by atoms with E-state index in [-0.39, 0.29) is 12.2 Å². The topological polar surface area (TPSA) is 71.2 Å². The van der Waals surface area contributed by atoms with Crippen molar-refractivity contribution in [1.29, 1.82) is 0 Å². The van der Waals surface area contributed by atoms with E-state index in [0.29, 0.717) is 17.2 Å². The number of rotatable bonds is 6. The number of piperazine rings is 1. The Labute approximate surface area is 206 Å². The molecule has 1 aliphatic heterocycles. The number of nitrogens with one attached hydrogen (secondary N) is 1. The number of benzene rings is 3. The van der Waals surface area contributed by atoms with E-state index in [1.54, 1.807) is 6.20 Å². The van der Waals surface area contributed by atoms with Crippen molar-refractivity contribution in [1.82, 2.24) is 10.3 Å². The van der Waals surface area contributed by atoms with E-state index in [4.69, 9.17) is 10.7 Å². The van der Waals surface area contributed by atoms with Crippen molar-refractivity contribution >= 4 is 28.1 Å². The van der Waals surface area contributed by atoms with E-state index in [1.165, 1.54) is 24.1 Å². The zero-order valence-corrected chi connectivity index (χ0v) is 19.8. The van der Waals surface area contributed by atoms with Crippen LogP contribution in [0.4, 0.5) is 11.4 Å². The Morgan fingerprint density at radius 2 is 1.77 bits per heavy atom. The molecule has 1 aliphatic carbocycles. The van der Waals surface area contributed by atoms with Crippen LogP contribution in [0.3, 0.4) is 0 Å². The molecular weight excluding hydrogens is 432 g/mol. The van der Waals surface area contributed by atoms with E-state index in [1.807, 2.05) is 42.5 Å². The van der Waals surface area contributed by atoms with Gasteiger partial charge in [-0.05, 0) is 59.7 Å². The lowest BCUT2D eigenvalue weighted by atomic mass is 9.96. The van der Waals surface area contributed by atoms with Crippen LogP contribution in [0.2, 0.25) is 0 Å². The van der Waals surface area contributed by atoms with Gasteiger partial charge in [-0.15, -0.1) is 0 Å². The molecule has 1 saturated heterocycles. The van der Waals surface area contributed by atoms with Gasteiger partial charge in [0.25, 0.3) is 0 Å². The molecular formula is C30H30N4O. The predicted octanol–water partition coefficient (Wildman–Crippen LogP) is 5.20. The molecule has 1 saturated carbocycles. The van der Waals surface area contributed by atoms with Gasteiger partial charge in [0.15, 0.2) is 5.78 Å². The minimum absolute atomic E-state index is 0.0375. The Morgan fingerprint density at radius 3 is 2.54 bits per heavy atom. The number of pyridine rings is 1. The fourth-order valence-electron chi connectivity index (χ4n) is 5.17. The molecule has 0 spiro atoms. The Kier molecular flexibility index (Phi) is 5.71. The predicted molar refractivity (Wildman–Crippen MR) is 143 cm³/mol. The summed E-state index contributed by atoms with van der Waals surface area (Å²) in [5.41, 5.74) is 14.3. The average Bonchev–Trinajstić information content (AvgIpc) is 3.75. The molecule has 6 rings (SSSR count). The Morgan fingerprint density at radius 1 is 0.971 bits per heavy atom. The minimum atomic E-state index is 0.0375. The lowest BCUT2D eigenvalue weighted by Crippen LogP contribution is -2.43. The van der Waals surface area contributed by atoms with Crippen LogP contribution in [0.25, 0.3) is 22.0 Å². The number of hydrogen-bond donors (Lipinski definition) is 2. The second kappa shape index (κ2) is 9.16. The molecule has 0 unspecified atom stereocenters. The first-order valence-electron chi connectivity index (χ1n) is 12.5.